The molecular formula is C14H28N2O2. The number of amides is 1. The summed E-state index contributed by atoms with van der Waals surface area (Å²) in [5.41, 5.74) is 0. The van der Waals surface area contributed by atoms with E-state index < -0.39 is 0 Å². The largest absolute Gasteiger partial charge is 0.391 e. The van der Waals surface area contributed by atoms with E-state index in [1.807, 2.05) is 4.90 Å². The Bertz CT molecular complexity index is 265. The van der Waals surface area contributed by atoms with Crippen LogP contribution in [0.4, 0.5) is 0 Å². The fraction of sp³-hybridized carbons (Fsp3) is 0.929. The van der Waals surface area contributed by atoms with Crippen molar-refractivity contribution in [2.45, 2.75) is 65.1 Å². The number of likely N-dealkylation sites (tertiary alicyclic amines) is 1. The Morgan fingerprint density at radius 2 is 2.00 bits per heavy atom. The van der Waals surface area contributed by atoms with Crippen molar-refractivity contribution in [1.29, 1.82) is 0 Å². The molecule has 0 bridgehead atoms. The summed E-state index contributed by atoms with van der Waals surface area (Å²) in [6.45, 7) is 9.53. The standard InChI is InChI=1S/C14H28N2O2/c1-5-11(6-2)13(17)9-16-8-7-12(14(16)18)15-10(3)4/h10-13,15,17H,5-9H2,1-4H3. The van der Waals surface area contributed by atoms with Gasteiger partial charge in [0.2, 0.25) is 5.91 Å². The molecule has 0 radical (unpaired) electrons. The van der Waals surface area contributed by atoms with Crippen molar-refractivity contribution in [3.8, 4) is 0 Å². The van der Waals surface area contributed by atoms with Gasteiger partial charge in [-0.3, -0.25) is 4.79 Å². The second kappa shape index (κ2) is 7.10. The van der Waals surface area contributed by atoms with Crippen LogP contribution in [-0.2, 0) is 4.79 Å². The van der Waals surface area contributed by atoms with Crippen LogP contribution in [-0.4, -0.2) is 47.2 Å². The molecule has 18 heavy (non-hydrogen) atoms. The van der Waals surface area contributed by atoms with Crippen LogP contribution < -0.4 is 5.32 Å². The van der Waals surface area contributed by atoms with Crippen LogP contribution in [0.15, 0.2) is 0 Å². The van der Waals surface area contributed by atoms with Crippen LogP contribution >= 0.6 is 0 Å². The van der Waals surface area contributed by atoms with Crippen molar-refractivity contribution in [1.82, 2.24) is 10.2 Å². The van der Waals surface area contributed by atoms with Crippen molar-refractivity contribution in [2.75, 3.05) is 13.1 Å². The van der Waals surface area contributed by atoms with Gasteiger partial charge in [-0.25, -0.2) is 0 Å². The van der Waals surface area contributed by atoms with Gasteiger partial charge in [0, 0.05) is 19.1 Å². The van der Waals surface area contributed by atoms with Gasteiger partial charge in [-0.05, 0) is 12.3 Å². The van der Waals surface area contributed by atoms with Crippen LogP contribution in [0.3, 0.4) is 0 Å². The first-order valence-electron chi connectivity index (χ1n) is 7.22. The van der Waals surface area contributed by atoms with Gasteiger partial charge in [0.1, 0.15) is 0 Å². The minimum Gasteiger partial charge on any atom is -0.391 e. The number of nitrogens with zero attached hydrogens (tertiary/aromatic N) is 1. The third-order valence-electron chi connectivity index (χ3n) is 3.83. The minimum atomic E-state index is -0.387. The van der Waals surface area contributed by atoms with Crippen molar-refractivity contribution in [2.24, 2.45) is 5.92 Å². The summed E-state index contributed by atoms with van der Waals surface area (Å²) in [5, 5.41) is 13.4. The summed E-state index contributed by atoms with van der Waals surface area (Å²) >= 11 is 0. The third-order valence-corrected chi connectivity index (χ3v) is 3.83. The van der Waals surface area contributed by atoms with Gasteiger partial charge in [0.15, 0.2) is 0 Å². The Balaban J connectivity index is 2.47. The highest BCUT2D eigenvalue weighted by Gasteiger charge is 2.33. The number of β-amino-alcohol motifs (C(OH)–C–C–N with tert-alkyl or cyclic N) is 1. The van der Waals surface area contributed by atoms with E-state index in [0.717, 1.165) is 25.8 Å². The highest BCUT2D eigenvalue weighted by molar-refractivity contribution is 5.84. The topological polar surface area (TPSA) is 52.6 Å². The maximum Gasteiger partial charge on any atom is 0.239 e. The number of carbonyl (C=O) groups is 1. The maximum absolute atomic E-state index is 12.1. The van der Waals surface area contributed by atoms with Gasteiger partial charge in [0.25, 0.3) is 0 Å². The molecule has 0 aromatic heterocycles. The lowest BCUT2D eigenvalue weighted by atomic mass is 9.96. The van der Waals surface area contributed by atoms with E-state index in [1.165, 1.54) is 0 Å². The van der Waals surface area contributed by atoms with Gasteiger partial charge < -0.3 is 15.3 Å². The SMILES string of the molecule is CCC(CC)C(O)CN1CCC(NC(C)C)C1=O. The van der Waals surface area contributed by atoms with Gasteiger partial charge in [-0.1, -0.05) is 40.5 Å². The number of rotatable bonds is 7. The molecule has 1 fully saturated rings. The number of aliphatic hydroxyl groups is 1. The zero-order valence-corrected chi connectivity index (χ0v) is 12.1. The maximum atomic E-state index is 12.1. The predicted octanol–water partition coefficient (Wildman–Crippen LogP) is 1.38. The van der Waals surface area contributed by atoms with Crippen molar-refractivity contribution in [3.05, 3.63) is 0 Å². The molecule has 1 saturated heterocycles. The second-order valence-corrected chi connectivity index (χ2v) is 5.59. The molecule has 2 unspecified atom stereocenters. The monoisotopic (exact) mass is 256 g/mol. The molecule has 0 aromatic rings. The summed E-state index contributed by atoms with van der Waals surface area (Å²) in [5.74, 6) is 0.448. The first kappa shape index (κ1) is 15.4. The fourth-order valence-corrected chi connectivity index (χ4v) is 2.68. The van der Waals surface area contributed by atoms with Gasteiger partial charge in [-0.15, -0.1) is 0 Å². The van der Waals surface area contributed by atoms with E-state index in [1.54, 1.807) is 0 Å². The number of hydrogen-bond donors (Lipinski definition) is 2. The summed E-state index contributed by atoms with van der Waals surface area (Å²) in [6.07, 6.45) is 2.40. The molecule has 0 aliphatic carbocycles. The Hall–Kier alpha value is -0.610. The molecule has 1 aliphatic rings. The van der Waals surface area contributed by atoms with Gasteiger partial charge >= 0.3 is 0 Å². The molecule has 0 aromatic carbocycles. The van der Waals surface area contributed by atoms with E-state index in [0.29, 0.717) is 18.5 Å². The van der Waals surface area contributed by atoms with Gasteiger partial charge in [0.05, 0.1) is 12.1 Å². The fourth-order valence-electron chi connectivity index (χ4n) is 2.68. The lowest BCUT2D eigenvalue weighted by molar-refractivity contribution is -0.131. The molecule has 1 aliphatic heterocycles. The number of nitrogens with one attached hydrogen (secondary N) is 1. The van der Waals surface area contributed by atoms with E-state index in [-0.39, 0.29) is 18.1 Å². The van der Waals surface area contributed by atoms with Crippen molar-refractivity contribution >= 4 is 5.91 Å². The van der Waals surface area contributed by atoms with Gasteiger partial charge in [-0.2, -0.15) is 0 Å². The van der Waals surface area contributed by atoms with Crippen LogP contribution in [0.25, 0.3) is 0 Å². The first-order valence-corrected chi connectivity index (χ1v) is 7.22. The quantitative estimate of drug-likeness (QED) is 0.723. The highest BCUT2D eigenvalue weighted by atomic mass is 16.3. The molecule has 2 N–H and O–H groups in total. The summed E-state index contributed by atoms with van der Waals surface area (Å²) < 4.78 is 0. The Labute approximate surface area is 111 Å². The van der Waals surface area contributed by atoms with Crippen LogP contribution in [0.1, 0.15) is 47.0 Å². The van der Waals surface area contributed by atoms with Crippen molar-refractivity contribution in [3.63, 3.8) is 0 Å². The average Bonchev–Trinajstić information content (AvgIpc) is 2.62. The first-order chi connectivity index (χ1) is 8.49. The third kappa shape index (κ3) is 3.95. The molecule has 1 heterocycles. The van der Waals surface area contributed by atoms with E-state index in [2.05, 4.69) is 33.0 Å². The average molecular weight is 256 g/mol. The zero-order valence-electron chi connectivity index (χ0n) is 12.1. The number of aliphatic hydroxyl groups excluding tert-OH is 1. The zero-order chi connectivity index (χ0) is 13.7. The molecule has 0 spiro atoms. The molecular weight excluding hydrogens is 228 g/mol. The van der Waals surface area contributed by atoms with Crippen LogP contribution in [0, 0.1) is 5.92 Å². The van der Waals surface area contributed by atoms with Crippen LogP contribution in [0.5, 0.6) is 0 Å². The smallest absolute Gasteiger partial charge is 0.239 e. The van der Waals surface area contributed by atoms with Crippen molar-refractivity contribution < 1.29 is 9.90 Å². The van der Waals surface area contributed by atoms with Crippen LogP contribution in [0.2, 0.25) is 0 Å². The summed E-state index contributed by atoms with van der Waals surface area (Å²) in [6, 6.07) is 0.266. The second-order valence-electron chi connectivity index (χ2n) is 5.59. The lowest BCUT2D eigenvalue weighted by Crippen LogP contribution is -2.44. The number of hydrogen-bond acceptors (Lipinski definition) is 3. The normalized spacial score (nSPS) is 22.3. The number of carbonyl (C=O) groups excluding carboxylic acids is 1. The predicted molar refractivity (Wildman–Crippen MR) is 73.3 cm³/mol. The molecule has 106 valence electrons. The Morgan fingerprint density at radius 3 is 2.50 bits per heavy atom. The Kier molecular flexibility index (Phi) is 6.09. The van der Waals surface area contributed by atoms with E-state index >= 15 is 0 Å². The molecule has 4 nitrogen and oxygen atoms in total. The van der Waals surface area contributed by atoms with E-state index in [4.69, 9.17) is 0 Å². The minimum absolute atomic E-state index is 0.0566. The Morgan fingerprint density at radius 1 is 1.39 bits per heavy atom. The summed E-state index contributed by atoms with van der Waals surface area (Å²) in [4.78, 5) is 13.9. The van der Waals surface area contributed by atoms with E-state index in [9.17, 15) is 9.90 Å². The molecule has 4 heteroatoms. The molecule has 2 atom stereocenters. The molecule has 1 rings (SSSR count). The molecule has 0 saturated carbocycles. The summed E-state index contributed by atoms with van der Waals surface area (Å²) in [7, 11) is 0. The molecule has 1 amide bonds. The lowest BCUT2D eigenvalue weighted by Gasteiger charge is -2.26. The highest BCUT2D eigenvalue weighted by Crippen LogP contribution is 2.18.